The van der Waals surface area contributed by atoms with Crippen molar-refractivity contribution in [3.05, 3.63) is 0 Å². The van der Waals surface area contributed by atoms with Gasteiger partial charge < -0.3 is 10.2 Å². The van der Waals surface area contributed by atoms with Gasteiger partial charge in [-0.25, -0.2) is 0 Å². The van der Waals surface area contributed by atoms with Gasteiger partial charge in [0, 0.05) is 6.04 Å². The lowest BCUT2D eigenvalue weighted by Crippen LogP contribution is -2.32. The molecule has 86 valence electrons. The molecule has 0 saturated heterocycles. The van der Waals surface area contributed by atoms with E-state index >= 15 is 0 Å². The highest BCUT2D eigenvalue weighted by atomic mass is 15.1. The number of nitrogens with zero attached hydrogens (tertiary/aromatic N) is 1. The molecule has 1 unspecified atom stereocenters. The van der Waals surface area contributed by atoms with Gasteiger partial charge >= 0.3 is 0 Å². The predicted molar refractivity (Wildman–Crippen MR) is 64.7 cm³/mol. The minimum absolute atomic E-state index is 0.719. The molecule has 0 aromatic carbocycles. The lowest BCUT2D eigenvalue weighted by Gasteiger charge is -2.26. The number of hydrogen-bond donors (Lipinski definition) is 1. The fraction of sp³-hybridized carbons (Fsp3) is 1.00. The van der Waals surface area contributed by atoms with Crippen LogP contribution >= 0.6 is 0 Å². The van der Waals surface area contributed by atoms with Crippen LogP contribution in [-0.2, 0) is 0 Å². The third kappa shape index (κ3) is 7.34. The molecule has 1 atom stereocenters. The van der Waals surface area contributed by atoms with E-state index in [9.17, 15) is 0 Å². The largest absolute Gasteiger partial charge is 0.317 e. The normalized spacial score (nSPS) is 13.9. The van der Waals surface area contributed by atoms with Crippen molar-refractivity contribution in [2.75, 3.05) is 26.7 Å². The van der Waals surface area contributed by atoms with E-state index in [2.05, 4.69) is 45.0 Å². The molecule has 0 aliphatic carbocycles. The Morgan fingerprint density at radius 2 is 1.86 bits per heavy atom. The molecule has 1 N–H and O–H groups in total. The van der Waals surface area contributed by atoms with E-state index in [1.54, 1.807) is 0 Å². The van der Waals surface area contributed by atoms with Gasteiger partial charge in [-0.15, -0.1) is 0 Å². The van der Waals surface area contributed by atoms with Crippen LogP contribution in [0.1, 0.15) is 40.5 Å². The van der Waals surface area contributed by atoms with Crippen molar-refractivity contribution in [1.82, 2.24) is 10.2 Å². The summed E-state index contributed by atoms with van der Waals surface area (Å²) in [6, 6.07) is 0.719. The maximum atomic E-state index is 3.36. The van der Waals surface area contributed by atoms with Crippen LogP contribution in [0.4, 0.5) is 0 Å². The monoisotopic (exact) mass is 200 g/mol. The first kappa shape index (κ1) is 13.9. The van der Waals surface area contributed by atoms with Crippen molar-refractivity contribution in [2.24, 2.45) is 5.92 Å². The van der Waals surface area contributed by atoms with Gasteiger partial charge in [-0.2, -0.15) is 0 Å². The summed E-state index contributed by atoms with van der Waals surface area (Å²) in [4.78, 5) is 2.47. The Bertz CT molecular complexity index is 123. The van der Waals surface area contributed by atoms with Crippen LogP contribution in [0.25, 0.3) is 0 Å². The van der Waals surface area contributed by atoms with Crippen molar-refractivity contribution in [1.29, 1.82) is 0 Å². The second kappa shape index (κ2) is 8.25. The van der Waals surface area contributed by atoms with Gasteiger partial charge in [-0.05, 0) is 52.4 Å². The maximum Gasteiger partial charge on any atom is 0.00663 e. The minimum atomic E-state index is 0.719. The Hall–Kier alpha value is -0.0800. The van der Waals surface area contributed by atoms with E-state index in [0.717, 1.165) is 25.0 Å². The first-order chi connectivity index (χ1) is 6.57. The Morgan fingerprint density at radius 1 is 1.21 bits per heavy atom. The van der Waals surface area contributed by atoms with Gasteiger partial charge in [-0.1, -0.05) is 20.8 Å². The fourth-order valence-corrected chi connectivity index (χ4v) is 1.71. The second-order valence-corrected chi connectivity index (χ2v) is 4.67. The van der Waals surface area contributed by atoms with Crippen LogP contribution in [0.2, 0.25) is 0 Å². The van der Waals surface area contributed by atoms with Crippen LogP contribution in [0.3, 0.4) is 0 Å². The summed E-state index contributed by atoms with van der Waals surface area (Å²) in [6.45, 7) is 12.5. The van der Waals surface area contributed by atoms with Crippen molar-refractivity contribution in [3.8, 4) is 0 Å². The summed E-state index contributed by atoms with van der Waals surface area (Å²) < 4.78 is 0. The molecule has 0 aliphatic rings. The first-order valence-electron chi connectivity index (χ1n) is 5.98. The lowest BCUT2D eigenvalue weighted by molar-refractivity contribution is 0.225. The molecular formula is C12H28N2. The summed E-state index contributed by atoms with van der Waals surface area (Å²) in [5.74, 6) is 0.807. The zero-order chi connectivity index (χ0) is 11.0. The van der Waals surface area contributed by atoms with E-state index in [1.807, 2.05) is 0 Å². The van der Waals surface area contributed by atoms with Crippen LogP contribution in [0.15, 0.2) is 0 Å². The van der Waals surface area contributed by atoms with Gasteiger partial charge in [0.25, 0.3) is 0 Å². The summed E-state index contributed by atoms with van der Waals surface area (Å²) in [5.41, 5.74) is 0. The maximum absolute atomic E-state index is 3.36. The van der Waals surface area contributed by atoms with Gasteiger partial charge in [0.05, 0.1) is 0 Å². The third-order valence-corrected chi connectivity index (χ3v) is 2.68. The topological polar surface area (TPSA) is 15.3 Å². The van der Waals surface area contributed by atoms with Crippen molar-refractivity contribution >= 4 is 0 Å². The van der Waals surface area contributed by atoms with E-state index < -0.39 is 0 Å². The Kier molecular flexibility index (Phi) is 8.20. The molecular weight excluding hydrogens is 172 g/mol. The van der Waals surface area contributed by atoms with E-state index in [1.165, 1.54) is 19.4 Å². The van der Waals surface area contributed by atoms with E-state index in [4.69, 9.17) is 0 Å². The van der Waals surface area contributed by atoms with Crippen LogP contribution in [-0.4, -0.2) is 37.6 Å². The minimum Gasteiger partial charge on any atom is -0.317 e. The van der Waals surface area contributed by atoms with E-state index in [-0.39, 0.29) is 0 Å². The molecule has 0 bridgehead atoms. The number of nitrogens with one attached hydrogen (secondary N) is 1. The molecule has 0 aliphatic heterocycles. The van der Waals surface area contributed by atoms with E-state index in [0.29, 0.717) is 0 Å². The molecule has 14 heavy (non-hydrogen) atoms. The Labute approximate surface area is 90.1 Å². The summed E-state index contributed by atoms with van der Waals surface area (Å²) in [6.07, 6.45) is 2.56. The van der Waals surface area contributed by atoms with Crippen molar-refractivity contribution in [3.63, 3.8) is 0 Å². The summed E-state index contributed by atoms with van der Waals surface area (Å²) in [7, 11) is 2.24. The molecule has 0 rings (SSSR count). The van der Waals surface area contributed by atoms with Crippen LogP contribution in [0.5, 0.6) is 0 Å². The highest BCUT2D eigenvalue weighted by Crippen LogP contribution is 2.09. The SMILES string of the molecule is CCNCCCN(C)C(C)CC(C)C. The van der Waals surface area contributed by atoms with Gasteiger partial charge in [0.15, 0.2) is 0 Å². The number of rotatable bonds is 8. The predicted octanol–water partition coefficient (Wildman–Crippen LogP) is 2.35. The lowest BCUT2D eigenvalue weighted by atomic mass is 10.0. The average Bonchev–Trinajstić information content (AvgIpc) is 2.11. The second-order valence-electron chi connectivity index (χ2n) is 4.67. The average molecular weight is 200 g/mol. The third-order valence-electron chi connectivity index (χ3n) is 2.68. The standard InChI is InChI=1S/C12H28N2/c1-6-13-8-7-9-14(5)12(4)10-11(2)3/h11-13H,6-10H2,1-5H3. The molecule has 0 heterocycles. The Morgan fingerprint density at radius 3 is 2.36 bits per heavy atom. The molecule has 2 heteroatoms. The summed E-state index contributed by atoms with van der Waals surface area (Å²) >= 11 is 0. The quantitative estimate of drug-likeness (QED) is 0.605. The fourth-order valence-electron chi connectivity index (χ4n) is 1.71. The number of hydrogen-bond acceptors (Lipinski definition) is 2. The molecule has 0 aromatic rings. The molecule has 0 aromatic heterocycles. The molecule has 2 nitrogen and oxygen atoms in total. The molecule has 0 amide bonds. The first-order valence-corrected chi connectivity index (χ1v) is 5.98. The molecule has 0 radical (unpaired) electrons. The Balaban J connectivity index is 3.46. The van der Waals surface area contributed by atoms with Gasteiger partial charge in [0.2, 0.25) is 0 Å². The van der Waals surface area contributed by atoms with Gasteiger partial charge in [0.1, 0.15) is 0 Å². The van der Waals surface area contributed by atoms with Crippen molar-refractivity contribution < 1.29 is 0 Å². The zero-order valence-corrected chi connectivity index (χ0v) is 10.6. The molecule has 0 spiro atoms. The van der Waals surface area contributed by atoms with Gasteiger partial charge in [-0.3, -0.25) is 0 Å². The molecule has 0 saturated carbocycles. The highest BCUT2D eigenvalue weighted by Gasteiger charge is 2.09. The van der Waals surface area contributed by atoms with Crippen molar-refractivity contribution in [2.45, 2.75) is 46.6 Å². The highest BCUT2D eigenvalue weighted by molar-refractivity contribution is 4.65. The van der Waals surface area contributed by atoms with Crippen LogP contribution in [0, 0.1) is 5.92 Å². The molecule has 0 fully saturated rings. The summed E-state index contributed by atoms with van der Waals surface area (Å²) in [5, 5.41) is 3.36. The zero-order valence-electron chi connectivity index (χ0n) is 10.6. The smallest absolute Gasteiger partial charge is 0.00663 e. The van der Waals surface area contributed by atoms with Crippen LogP contribution < -0.4 is 5.32 Å².